The van der Waals surface area contributed by atoms with Crippen LogP contribution < -0.4 is 9.62 Å². The zero-order valence-corrected chi connectivity index (χ0v) is 13.7. The predicted molar refractivity (Wildman–Crippen MR) is 89.3 cm³/mol. The van der Waals surface area contributed by atoms with Gasteiger partial charge in [-0.3, -0.25) is 4.72 Å². The zero-order chi connectivity index (χ0) is 16.3. The van der Waals surface area contributed by atoms with Gasteiger partial charge in [0.15, 0.2) is 0 Å². The van der Waals surface area contributed by atoms with Gasteiger partial charge in [0.2, 0.25) is 0 Å². The molecule has 0 bridgehead atoms. The van der Waals surface area contributed by atoms with Crippen LogP contribution in [0, 0.1) is 6.92 Å². The third kappa shape index (κ3) is 3.62. The predicted octanol–water partition coefficient (Wildman–Crippen LogP) is 2.03. The lowest BCUT2D eigenvalue weighted by Gasteiger charge is -2.28. The number of sulfonamides is 1. The van der Waals surface area contributed by atoms with Crippen LogP contribution in [0.2, 0.25) is 0 Å². The number of nitrogens with zero attached hydrogens (tertiary/aromatic N) is 2. The molecular formula is C16H19N3O3S. The Morgan fingerprint density at radius 3 is 2.52 bits per heavy atom. The molecule has 1 fully saturated rings. The standard InChI is InChI=1S/C16H19N3O3S/c1-13-4-2-3-5-15(13)23(20,21)18-16-7-6-14(12-17-16)19-8-10-22-11-9-19/h2-7,12H,8-11H2,1H3,(H,17,18). The van der Waals surface area contributed by atoms with Crippen LogP contribution in [-0.2, 0) is 14.8 Å². The van der Waals surface area contributed by atoms with Crippen molar-refractivity contribution < 1.29 is 13.2 Å². The van der Waals surface area contributed by atoms with Gasteiger partial charge in [-0.1, -0.05) is 18.2 Å². The van der Waals surface area contributed by atoms with Crippen molar-refractivity contribution in [2.24, 2.45) is 0 Å². The summed E-state index contributed by atoms with van der Waals surface area (Å²) >= 11 is 0. The number of nitrogens with one attached hydrogen (secondary N) is 1. The highest BCUT2D eigenvalue weighted by Gasteiger charge is 2.17. The number of rotatable bonds is 4. The van der Waals surface area contributed by atoms with E-state index in [1.54, 1.807) is 37.4 Å². The Morgan fingerprint density at radius 1 is 1.13 bits per heavy atom. The molecule has 1 saturated heterocycles. The van der Waals surface area contributed by atoms with Crippen molar-refractivity contribution in [2.75, 3.05) is 35.9 Å². The molecule has 0 aliphatic carbocycles. The first-order valence-corrected chi connectivity index (χ1v) is 8.92. The van der Waals surface area contributed by atoms with Gasteiger partial charge >= 0.3 is 0 Å². The maximum atomic E-state index is 12.4. The van der Waals surface area contributed by atoms with Crippen molar-refractivity contribution in [2.45, 2.75) is 11.8 Å². The number of aryl methyl sites for hydroxylation is 1. The van der Waals surface area contributed by atoms with E-state index in [1.807, 2.05) is 12.1 Å². The highest BCUT2D eigenvalue weighted by molar-refractivity contribution is 7.92. The summed E-state index contributed by atoms with van der Waals surface area (Å²) in [5.41, 5.74) is 1.66. The summed E-state index contributed by atoms with van der Waals surface area (Å²) in [5.74, 6) is 0.310. The van der Waals surface area contributed by atoms with Crippen LogP contribution in [0.3, 0.4) is 0 Å². The first-order chi connectivity index (χ1) is 11.1. The minimum absolute atomic E-state index is 0.263. The normalized spacial score (nSPS) is 15.4. The summed E-state index contributed by atoms with van der Waals surface area (Å²) < 4.78 is 32.7. The molecule has 6 nitrogen and oxygen atoms in total. The molecular weight excluding hydrogens is 314 g/mol. The lowest BCUT2D eigenvalue weighted by Crippen LogP contribution is -2.36. The number of pyridine rings is 1. The van der Waals surface area contributed by atoms with Gasteiger partial charge in [0, 0.05) is 13.1 Å². The molecule has 0 atom stereocenters. The molecule has 1 aliphatic heterocycles. The summed E-state index contributed by atoms with van der Waals surface area (Å²) in [6, 6.07) is 10.4. The molecule has 23 heavy (non-hydrogen) atoms. The Hall–Kier alpha value is -2.12. The Kier molecular flexibility index (Phi) is 4.49. The van der Waals surface area contributed by atoms with Crippen molar-refractivity contribution in [1.82, 2.24) is 4.98 Å². The van der Waals surface area contributed by atoms with Crippen molar-refractivity contribution in [3.8, 4) is 0 Å². The van der Waals surface area contributed by atoms with E-state index in [4.69, 9.17) is 4.74 Å². The van der Waals surface area contributed by atoms with E-state index in [1.165, 1.54) is 0 Å². The van der Waals surface area contributed by atoms with Crippen molar-refractivity contribution in [1.29, 1.82) is 0 Å². The number of morpholine rings is 1. The number of aromatic nitrogens is 1. The van der Waals surface area contributed by atoms with Gasteiger partial charge in [-0.2, -0.15) is 0 Å². The van der Waals surface area contributed by atoms with E-state index in [9.17, 15) is 8.42 Å². The first-order valence-electron chi connectivity index (χ1n) is 7.43. The van der Waals surface area contributed by atoms with Crippen LogP contribution in [0.4, 0.5) is 11.5 Å². The maximum Gasteiger partial charge on any atom is 0.263 e. The fourth-order valence-electron chi connectivity index (χ4n) is 2.51. The molecule has 122 valence electrons. The Labute approximate surface area is 136 Å². The third-order valence-electron chi connectivity index (χ3n) is 3.75. The minimum Gasteiger partial charge on any atom is -0.378 e. The average Bonchev–Trinajstić information content (AvgIpc) is 2.56. The monoisotopic (exact) mass is 333 g/mol. The fraction of sp³-hybridized carbons (Fsp3) is 0.312. The zero-order valence-electron chi connectivity index (χ0n) is 12.9. The topological polar surface area (TPSA) is 71.5 Å². The van der Waals surface area contributed by atoms with Gasteiger partial charge < -0.3 is 9.64 Å². The second-order valence-electron chi connectivity index (χ2n) is 5.37. The first kappa shape index (κ1) is 15.8. The number of hydrogen-bond donors (Lipinski definition) is 1. The van der Waals surface area contributed by atoms with E-state index < -0.39 is 10.0 Å². The lowest BCUT2D eigenvalue weighted by atomic mass is 10.2. The quantitative estimate of drug-likeness (QED) is 0.927. The molecule has 7 heteroatoms. The number of benzene rings is 1. The number of ether oxygens (including phenoxy) is 1. The molecule has 0 saturated carbocycles. The molecule has 3 rings (SSSR count). The summed E-state index contributed by atoms with van der Waals surface area (Å²) in [6.45, 7) is 4.79. The van der Waals surface area contributed by atoms with E-state index >= 15 is 0 Å². The minimum atomic E-state index is -3.63. The van der Waals surface area contributed by atoms with Crippen LogP contribution in [-0.4, -0.2) is 39.7 Å². The maximum absolute atomic E-state index is 12.4. The van der Waals surface area contributed by atoms with Gasteiger partial charge in [0.25, 0.3) is 10.0 Å². The molecule has 1 aromatic heterocycles. The highest BCUT2D eigenvalue weighted by atomic mass is 32.2. The van der Waals surface area contributed by atoms with E-state index in [0.717, 1.165) is 18.8 Å². The SMILES string of the molecule is Cc1ccccc1S(=O)(=O)Nc1ccc(N2CCOCC2)cn1. The summed E-state index contributed by atoms with van der Waals surface area (Å²) in [5, 5.41) is 0. The summed E-state index contributed by atoms with van der Waals surface area (Å²) in [4.78, 5) is 6.65. The van der Waals surface area contributed by atoms with Crippen molar-refractivity contribution in [3.63, 3.8) is 0 Å². The number of anilines is 2. The Bertz CT molecular complexity index is 769. The lowest BCUT2D eigenvalue weighted by molar-refractivity contribution is 0.122. The molecule has 1 N–H and O–H groups in total. The molecule has 0 radical (unpaired) electrons. The molecule has 1 aromatic carbocycles. The van der Waals surface area contributed by atoms with E-state index in [2.05, 4.69) is 14.6 Å². The largest absolute Gasteiger partial charge is 0.378 e. The van der Waals surface area contributed by atoms with E-state index in [-0.39, 0.29) is 4.90 Å². The van der Waals surface area contributed by atoms with Crippen molar-refractivity contribution >= 4 is 21.5 Å². The molecule has 2 heterocycles. The molecule has 1 aliphatic rings. The number of hydrogen-bond acceptors (Lipinski definition) is 5. The highest BCUT2D eigenvalue weighted by Crippen LogP contribution is 2.20. The van der Waals surface area contributed by atoms with Crippen LogP contribution in [0.15, 0.2) is 47.5 Å². The van der Waals surface area contributed by atoms with Crippen LogP contribution >= 0.6 is 0 Å². The van der Waals surface area contributed by atoms with Crippen molar-refractivity contribution in [3.05, 3.63) is 48.2 Å². The second-order valence-corrected chi connectivity index (χ2v) is 7.02. The Morgan fingerprint density at radius 2 is 1.87 bits per heavy atom. The van der Waals surface area contributed by atoms with Gasteiger partial charge in [-0.05, 0) is 30.7 Å². The van der Waals surface area contributed by atoms with Crippen LogP contribution in [0.25, 0.3) is 0 Å². The molecule has 2 aromatic rings. The Balaban J connectivity index is 1.76. The van der Waals surface area contributed by atoms with Crippen LogP contribution in [0.1, 0.15) is 5.56 Å². The van der Waals surface area contributed by atoms with E-state index in [0.29, 0.717) is 24.6 Å². The molecule has 0 spiro atoms. The summed E-state index contributed by atoms with van der Waals surface area (Å²) in [7, 11) is -3.63. The van der Waals surface area contributed by atoms with Gasteiger partial charge in [-0.15, -0.1) is 0 Å². The molecule has 0 amide bonds. The van der Waals surface area contributed by atoms with Gasteiger partial charge in [-0.25, -0.2) is 13.4 Å². The summed E-state index contributed by atoms with van der Waals surface area (Å²) in [6.07, 6.45) is 1.68. The van der Waals surface area contributed by atoms with Gasteiger partial charge in [0.05, 0.1) is 30.0 Å². The smallest absolute Gasteiger partial charge is 0.263 e. The fourth-order valence-corrected chi connectivity index (χ4v) is 3.76. The van der Waals surface area contributed by atoms with Gasteiger partial charge in [0.1, 0.15) is 5.82 Å². The third-order valence-corrected chi connectivity index (χ3v) is 5.26. The second kappa shape index (κ2) is 6.55. The molecule has 0 unspecified atom stereocenters. The average molecular weight is 333 g/mol. The van der Waals surface area contributed by atoms with Crippen LogP contribution in [0.5, 0.6) is 0 Å².